The van der Waals surface area contributed by atoms with Crippen LogP contribution in [0.1, 0.15) is 28.9 Å². The Labute approximate surface area is 144 Å². The number of primary amides is 1. The van der Waals surface area contributed by atoms with Crippen molar-refractivity contribution in [3.05, 3.63) is 46.4 Å². The van der Waals surface area contributed by atoms with Gasteiger partial charge in [-0.2, -0.15) is 0 Å². The van der Waals surface area contributed by atoms with Crippen molar-refractivity contribution in [1.82, 2.24) is 9.88 Å². The number of hydrogen-bond acceptors (Lipinski definition) is 5. The molecule has 1 aliphatic heterocycles. The van der Waals surface area contributed by atoms with E-state index < -0.39 is 0 Å². The molecule has 0 bridgehead atoms. The number of rotatable bonds is 5. The lowest BCUT2D eigenvalue weighted by atomic mass is 9.96. The predicted octanol–water partition coefficient (Wildman–Crippen LogP) is 2.06. The van der Waals surface area contributed by atoms with Crippen LogP contribution in [0.4, 0.5) is 0 Å². The molecule has 2 heterocycles. The summed E-state index contributed by atoms with van der Waals surface area (Å²) < 4.78 is 5.69. The van der Waals surface area contributed by atoms with Crippen LogP contribution in [0.25, 0.3) is 0 Å². The molecule has 1 saturated heterocycles. The number of piperidine rings is 1. The Morgan fingerprint density at radius 1 is 1.33 bits per heavy atom. The van der Waals surface area contributed by atoms with Gasteiger partial charge in [0, 0.05) is 30.0 Å². The number of aromatic nitrogens is 1. The molecule has 1 fully saturated rings. The summed E-state index contributed by atoms with van der Waals surface area (Å²) >= 11 is 1.52. The average molecular weight is 345 g/mol. The van der Waals surface area contributed by atoms with Crippen LogP contribution >= 0.6 is 11.3 Å². The number of ether oxygens (including phenoxy) is 1. The summed E-state index contributed by atoms with van der Waals surface area (Å²) in [5, 5.41) is 1.93. The van der Waals surface area contributed by atoms with Crippen molar-refractivity contribution < 1.29 is 14.3 Å². The van der Waals surface area contributed by atoms with Crippen molar-refractivity contribution in [2.75, 3.05) is 13.1 Å². The van der Waals surface area contributed by atoms with Crippen molar-refractivity contribution in [2.45, 2.75) is 19.4 Å². The van der Waals surface area contributed by atoms with E-state index in [4.69, 9.17) is 10.5 Å². The molecule has 3 rings (SSSR count). The third-order valence-corrected chi connectivity index (χ3v) is 4.77. The molecule has 2 aromatic rings. The molecule has 1 aromatic carbocycles. The van der Waals surface area contributed by atoms with Gasteiger partial charge in [-0.1, -0.05) is 6.07 Å². The van der Waals surface area contributed by atoms with Crippen LogP contribution < -0.4 is 10.5 Å². The van der Waals surface area contributed by atoms with Gasteiger partial charge in [-0.15, -0.1) is 11.3 Å². The van der Waals surface area contributed by atoms with Crippen molar-refractivity contribution in [3.8, 4) is 5.75 Å². The first-order valence-electron chi connectivity index (χ1n) is 7.82. The van der Waals surface area contributed by atoms with Gasteiger partial charge in [-0.05, 0) is 31.0 Å². The number of benzene rings is 1. The van der Waals surface area contributed by atoms with Gasteiger partial charge >= 0.3 is 0 Å². The maximum Gasteiger partial charge on any atom is 0.253 e. The third kappa shape index (κ3) is 3.91. The van der Waals surface area contributed by atoms with Crippen molar-refractivity contribution >= 4 is 23.2 Å². The Kier molecular flexibility index (Phi) is 5.10. The van der Waals surface area contributed by atoms with E-state index in [1.165, 1.54) is 11.3 Å². The van der Waals surface area contributed by atoms with Crippen LogP contribution in [0, 0.1) is 5.92 Å². The van der Waals surface area contributed by atoms with E-state index in [9.17, 15) is 9.59 Å². The summed E-state index contributed by atoms with van der Waals surface area (Å²) in [6.07, 6.45) is 1.25. The fourth-order valence-corrected chi connectivity index (χ4v) is 3.28. The summed E-state index contributed by atoms with van der Waals surface area (Å²) in [6.45, 7) is 1.48. The van der Waals surface area contributed by atoms with E-state index in [1.807, 2.05) is 11.4 Å². The predicted molar refractivity (Wildman–Crippen MR) is 90.7 cm³/mol. The van der Waals surface area contributed by atoms with E-state index in [0.29, 0.717) is 43.9 Å². The first kappa shape index (κ1) is 16.4. The van der Waals surface area contributed by atoms with Crippen LogP contribution in [0.2, 0.25) is 0 Å². The number of carbonyl (C=O) groups is 2. The fourth-order valence-electron chi connectivity index (χ4n) is 2.73. The Morgan fingerprint density at radius 3 is 2.79 bits per heavy atom. The van der Waals surface area contributed by atoms with Gasteiger partial charge in [0.2, 0.25) is 5.91 Å². The highest BCUT2D eigenvalue weighted by Crippen LogP contribution is 2.21. The Morgan fingerprint density at radius 2 is 2.12 bits per heavy atom. The van der Waals surface area contributed by atoms with E-state index in [1.54, 1.807) is 28.6 Å². The minimum Gasteiger partial charge on any atom is -0.487 e. The molecule has 0 atom stereocenters. The number of carbonyl (C=O) groups excluding carboxylic acids is 2. The first-order chi connectivity index (χ1) is 11.6. The molecule has 0 unspecified atom stereocenters. The molecule has 0 saturated carbocycles. The van der Waals surface area contributed by atoms with Crippen molar-refractivity contribution in [1.29, 1.82) is 0 Å². The van der Waals surface area contributed by atoms with E-state index in [0.717, 1.165) is 5.69 Å². The van der Waals surface area contributed by atoms with Crippen LogP contribution in [0.5, 0.6) is 5.75 Å². The summed E-state index contributed by atoms with van der Waals surface area (Å²) in [6, 6.07) is 7.15. The zero-order valence-electron chi connectivity index (χ0n) is 13.2. The standard InChI is InChI=1S/C17H19N3O3S/c18-16(21)12-4-6-20(7-5-12)17(22)13-2-1-3-15(8-13)23-9-14-10-24-11-19-14/h1-3,8,10-12H,4-7,9H2,(H2,18,21). The minimum atomic E-state index is -0.278. The lowest BCUT2D eigenvalue weighted by molar-refractivity contribution is -0.123. The summed E-state index contributed by atoms with van der Waals surface area (Å²) in [5.74, 6) is 0.194. The third-order valence-electron chi connectivity index (χ3n) is 4.14. The van der Waals surface area contributed by atoms with Crippen LogP contribution in [-0.4, -0.2) is 34.8 Å². The van der Waals surface area contributed by atoms with E-state index in [-0.39, 0.29) is 17.7 Å². The highest BCUT2D eigenvalue weighted by molar-refractivity contribution is 7.07. The van der Waals surface area contributed by atoms with E-state index >= 15 is 0 Å². The molecule has 7 heteroatoms. The van der Waals surface area contributed by atoms with Gasteiger partial charge in [-0.3, -0.25) is 9.59 Å². The number of nitrogens with zero attached hydrogens (tertiary/aromatic N) is 2. The smallest absolute Gasteiger partial charge is 0.253 e. The topological polar surface area (TPSA) is 85.5 Å². The summed E-state index contributed by atoms with van der Waals surface area (Å²) in [4.78, 5) is 29.7. The fraction of sp³-hybridized carbons (Fsp3) is 0.353. The molecule has 6 nitrogen and oxygen atoms in total. The first-order valence-corrected chi connectivity index (χ1v) is 8.76. The zero-order chi connectivity index (χ0) is 16.9. The largest absolute Gasteiger partial charge is 0.487 e. The Balaban J connectivity index is 1.61. The monoisotopic (exact) mass is 345 g/mol. The minimum absolute atomic E-state index is 0.0444. The van der Waals surface area contributed by atoms with E-state index in [2.05, 4.69) is 4.98 Å². The SMILES string of the molecule is NC(=O)C1CCN(C(=O)c2cccc(OCc3cscn3)c2)CC1. The van der Waals surface area contributed by atoms with Gasteiger partial charge in [0.15, 0.2) is 0 Å². The molecule has 0 aliphatic carbocycles. The summed E-state index contributed by atoms with van der Waals surface area (Å²) in [5.41, 5.74) is 8.54. The van der Waals surface area contributed by atoms with Crippen LogP contribution in [-0.2, 0) is 11.4 Å². The van der Waals surface area contributed by atoms with Gasteiger partial charge in [0.05, 0.1) is 11.2 Å². The second-order valence-corrected chi connectivity index (χ2v) is 6.48. The highest BCUT2D eigenvalue weighted by atomic mass is 32.1. The number of thiazole rings is 1. The van der Waals surface area contributed by atoms with Crippen LogP contribution in [0.3, 0.4) is 0 Å². The van der Waals surface area contributed by atoms with Gasteiger partial charge in [-0.25, -0.2) is 4.98 Å². The van der Waals surface area contributed by atoms with Crippen molar-refractivity contribution in [2.24, 2.45) is 11.7 Å². The normalized spacial score (nSPS) is 15.2. The second kappa shape index (κ2) is 7.44. The molecule has 126 valence electrons. The van der Waals surface area contributed by atoms with Crippen LogP contribution in [0.15, 0.2) is 35.2 Å². The van der Waals surface area contributed by atoms with Gasteiger partial charge in [0.25, 0.3) is 5.91 Å². The van der Waals surface area contributed by atoms with Gasteiger partial charge < -0.3 is 15.4 Å². The molecule has 0 radical (unpaired) electrons. The molecule has 1 aromatic heterocycles. The average Bonchev–Trinajstić information content (AvgIpc) is 3.13. The zero-order valence-corrected chi connectivity index (χ0v) is 14.0. The number of amides is 2. The molecule has 2 N–H and O–H groups in total. The molecular formula is C17H19N3O3S. The molecule has 1 aliphatic rings. The summed E-state index contributed by atoms with van der Waals surface area (Å²) in [7, 11) is 0. The lowest BCUT2D eigenvalue weighted by Crippen LogP contribution is -2.41. The van der Waals surface area contributed by atoms with Gasteiger partial charge in [0.1, 0.15) is 12.4 Å². The highest BCUT2D eigenvalue weighted by Gasteiger charge is 2.26. The second-order valence-electron chi connectivity index (χ2n) is 5.77. The van der Waals surface area contributed by atoms with Crippen molar-refractivity contribution in [3.63, 3.8) is 0 Å². The number of likely N-dealkylation sites (tertiary alicyclic amines) is 1. The number of nitrogens with two attached hydrogens (primary N) is 1. The Bertz CT molecular complexity index is 710. The molecule has 24 heavy (non-hydrogen) atoms. The molecular weight excluding hydrogens is 326 g/mol. The quantitative estimate of drug-likeness (QED) is 0.899. The molecule has 0 spiro atoms. The lowest BCUT2D eigenvalue weighted by Gasteiger charge is -2.30. The Hall–Kier alpha value is -2.41. The number of hydrogen-bond donors (Lipinski definition) is 1. The maximum absolute atomic E-state index is 12.6. The maximum atomic E-state index is 12.6. The molecule has 2 amide bonds.